The minimum atomic E-state index is 0.929. The van der Waals surface area contributed by atoms with Crippen molar-refractivity contribution in [1.82, 2.24) is 8.85 Å². The fraction of sp³-hybridized carbons (Fsp3) is 0.333. The zero-order valence-corrected chi connectivity index (χ0v) is 9.26. The zero-order valence-electron chi connectivity index (χ0n) is 7.10. The third kappa shape index (κ3) is 3.08. The Bertz CT molecular complexity index is 216. The molecule has 12 heavy (non-hydrogen) atoms. The first-order valence-electron chi connectivity index (χ1n) is 3.92. The van der Waals surface area contributed by atoms with Crippen LogP contribution in [0.25, 0.3) is 0 Å². The largest absolute Gasteiger partial charge is 0.316 e. The van der Waals surface area contributed by atoms with E-state index in [0.717, 1.165) is 13.1 Å². The smallest absolute Gasteiger partial charge is 0.0301 e. The maximum Gasteiger partial charge on any atom is 0.0301 e. The van der Waals surface area contributed by atoms with E-state index in [1.165, 1.54) is 11.1 Å². The molecule has 0 aliphatic rings. The van der Waals surface area contributed by atoms with Crippen LogP contribution in [-0.2, 0) is 13.1 Å². The number of nitrogens with one attached hydrogen (secondary N) is 2. The third-order valence-electron chi connectivity index (χ3n) is 1.64. The fourth-order valence-corrected chi connectivity index (χ4v) is 1.57. The van der Waals surface area contributed by atoms with Crippen LogP contribution in [0.4, 0.5) is 0 Å². The second-order valence-electron chi connectivity index (χ2n) is 2.66. The SMILES string of the molecule is CNCc1cccc(CNI)c1. The lowest BCUT2D eigenvalue weighted by atomic mass is 10.1. The summed E-state index contributed by atoms with van der Waals surface area (Å²) in [4.78, 5) is 0. The number of halogens is 1. The van der Waals surface area contributed by atoms with Crippen molar-refractivity contribution in [3.05, 3.63) is 35.4 Å². The monoisotopic (exact) mass is 276 g/mol. The topological polar surface area (TPSA) is 24.1 Å². The molecule has 0 fully saturated rings. The van der Waals surface area contributed by atoms with Crippen molar-refractivity contribution < 1.29 is 0 Å². The molecule has 0 radical (unpaired) electrons. The Labute approximate surface area is 87.2 Å². The van der Waals surface area contributed by atoms with Crippen molar-refractivity contribution in [2.45, 2.75) is 13.1 Å². The first kappa shape index (κ1) is 9.95. The molecule has 1 aromatic carbocycles. The number of hydrogen-bond donors (Lipinski definition) is 2. The van der Waals surface area contributed by atoms with E-state index in [1.54, 1.807) is 0 Å². The van der Waals surface area contributed by atoms with E-state index in [4.69, 9.17) is 0 Å². The summed E-state index contributed by atoms with van der Waals surface area (Å²) in [7, 11) is 1.96. The van der Waals surface area contributed by atoms with Gasteiger partial charge in [-0.15, -0.1) is 0 Å². The van der Waals surface area contributed by atoms with Gasteiger partial charge in [0.2, 0.25) is 0 Å². The predicted molar refractivity (Wildman–Crippen MR) is 60.1 cm³/mol. The van der Waals surface area contributed by atoms with E-state index < -0.39 is 0 Å². The predicted octanol–water partition coefficient (Wildman–Crippen LogP) is 1.85. The highest BCUT2D eigenvalue weighted by Gasteiger charge is 1.93. The van der Waals surface area contributed by atoms with Gasteiger partial charge in [0, 0.05) is 36.0 Å². The zero-order chi connectivity index (χ0) is 8.81. The molecule has 0 bridgehead atoms. The molecule has 0 heterocycles. The Hall–Kier alpha value is -0.130. The summed E-state index contributed by atoms with van der Waals surface area (Å²) >= 11 is 2.16. The van der Waals surface area contributed by atoms with Crippen LogP contribution in [0, 0.1) is 0 Å². The van der Waals surface area contributed by atoms with Gasteiger partial charge in [0.15, 0.2) is 0 Å². The molecular weight excluding hydrogens is 263 g/mol. The summed E-state index contributed by atoms with van der Waals surface area (Å²) in [5, 5.41) is 3.13. The number of benzene rings is 1. The second-order valence-corrected chi connectivity index (χ2v) is 3.42. The minimum absolute atomic E-state index is 0.929. The summed E-state index contributed by atoms with van der Waals surface area (Å²) in [6.45, 7) is 1.87. The average molecular weight is 276 g/mol. The Balaban J connectivity index is 2.67. The Kier molecular flexibility index (Phi) is 4.57. The molecule has 2 N–H and O–H groups in total. The Morgan fingerprint density at radius 2 is 1.92 bits per heavy atom. The van der Waals surface area contributed by atoms with Gasteiger partial charge in [0.1, 0.15) is 0 Å². The van der Waals surface area contributed by atoms with Crippen molar-refractivity contribution >= 4 is 22.9 Å². The molecular formula is C9H13IN2. The molecule has 66 valence electrons. The Morgan fingerprint density at radius 3 is 2.50 bits per heavy atom. The molecule has 0 saturated carbocycles. The normalized spacial score (nSPS) is 10.2. The molecule has 0 spiro atoms. The van der Waals surface area contributed by atoms with Gasteiger partial charge in [0.25, 0.3) is 0 Å². The first-order chi connectivity index (χ1) is 5.86. The molecule has 0 unspecified atom stereocenters. The standard InChI is InChI=1S/C9H13IN2/c1-11-6-8-3-2-4-9(5-8)7-12-10/h2-5,11-12H,6-7H2,1H3. The van der Waals surface area contributed by atoms with Gasteiger partial charge in [-0.25, -0.2) is 0 Å². The molecule has 0 amide bonds. The second kappa shape index (κ2) is 5.50. The molecule has 1 rings (SSSR count). The van der Waals surface area contributed by atoms with Crippen molar-refractivity contribution in [2.75, 3.05) is 7.05 Å². The van der Waals surface area contributed by atoms with Gasteiger partial charge in [-0.3, -0.25) is 3.53 Å². The first-order valence-corrected chi connectivity index (χ1v) is 5.00. The van der Waals surface area contributed by atoms with Crippen LogP contribution in [0.15, 0.2) is 24.3 Å². The average Bonchev–Trinajstić information content (AvgIpc) is 2.06. The van der Waals surface area contributed by atoms with E-state index in [0.29, 0.717) is 0 Å². The van der Waals surface area contributed by atoms with E-state index >= 15 is 0 Å². The van der Waals surface area contributed by atoms with Gasteiger partial charge >= 0.3 is 0 Å². The van der Waals surface area contributed by atoms with Crippen LogP contribution in [-0.4, -0.2) is 7.05 Å². The maximum absolute atomic E-state index is 3.13. The maximum atomic E-state index is 3.13. The van der Waals surface area contributed by atoms with Crippen LogP contribution in [0.2, 0.25) is 0 Å². The summed E-state index contributed by atoms with van der Waals surface area (Å²) in [5.74, 6) is 0. The van der Waals surface area contributed by atoms with Crippen LogP contribution in [0.5, 0.6) is 0 Å². The van der Waals surface area contributed by atoms with E-state index in [-0.39, 0.29) is 0 Å². The van der Waals surface area contributed by atoms with E-state index in [1.807, 2.05) is 7.05 Å². The molecule has 1 aromatic rings. The van der Waals surface area contributed by atoms with E-state index in [9.17, 15) is 0 Å². The molecule has 3 heteroatoms. The molecule has 0 aromatic heterocycles. The molecule has 0 saturated heterocycles. The van der Waals surface area contributed by atoms with E-state index in [2.05, 4.69) is 56.0 Å². The number of rotatable bonds is 4. The van der Waals surface area contributed by atoms with Gasteiger partial charge in [-0.05, 0) is 18.2 Å². The molecule has 0 aliphatic heterocycles. The highest BCUT2D eigenvalue weighted by Crippen LogP contribution is 2.04. The quantitative estimate of drug-likeness (QED) is 0.648. The summed E-state index contributed by atoms with van der Waals surface area (Å²) in [5.41, 5.74) is 2.67. The highest BCUT2D eigenvalue weighted by atomic mass is 127. The highest BCUT2D eigenvalue weighted by molar-refractivity contribution is 14.1. The summed E-state index contributed by atoms with van der Waals surface area (Å²) in [6.07, 6.45) is 0. The lowest BCUT2D eigenvalue weighted by Crippen LogP contribution is -2.06. The van der Waals surface area contributed by atoms with Crippen LogP contribution >= 0.6 is 22.9 Å². The Morgan fingerprint density at radius 1 is 1.25 bits per heavy atom. The van der Waals surface area contributed by atoms with Gasteiger partial charge in [-0.1, -0.05) is 24.3 Å². The number of hydrogen-bond acceptors (Lipinski definition) is 2. The molecule has 2 nitrogen and oxygen atoms in total. The van der Waals surface area contributed by atoms with Gasteiger partial charge in [-0.2, -0.15) is 0 Å². The fourth-order valence-electron chi connectivity index (χ4n) is 1.13. The minimum Gasteiger partial charge on any atom is -0.316 e. The van der Waals surface area contributed by atoms with Crippen LogP contribution in [0.1, 0.15) is 11.1 Å². The summed E-state index contributed by atoms with van der Waals surface area (Å²) in [6, 6.07) is 8.57. The van der Waals surface area contributed by atoms with Crippen molar-refractivity contribution in [1.29, 1.82) is 0 Å². The van der Waals surface area contributed by atoms with Crippen molar-refractivity contribution in [2.24, 2.45) is 0 Å². The lowest BCUT2D eigenvalue weighted by molar-refractivity contribution is 0.815. The third-order valence-corrected chi connectivity index (χ3v) is 2.02. The molecule has 0 aliphatic carbocycles. The summed E-state index contributed by atoms with van der Waals surface area (Å²) < 4.78 is 3.10. The van der Waals surface area contributed by atoms with Gasteiger partial charge < -0.3 is 5.32 Å². The molecule has 0 atom stereocenters. The van der Waals surface area contributed by atoms with Crippen LogP contribution < -0.4 is 8.85 Å². The van der Waals surface area contributed by atoms with Crippen molar-refractivity contribution in [3.8, 4) is 0 Å². The van der Waals surface area contributed by atoms with Crippen LogP contribution in [0.3, 0.4) is 0 Å². The van der Waals surface area contributed by atoms with Gasteiger partial charge in [0.05, 0.1) is 0 Å². The lowest BCUT2D eigenvalue weighted by Gasteiger charge is -2.03. The van der Waals surface area contributed by atoms with Crippen molar-refractivity contribution in [3.63, 3.8) is 0 Å².